The van der Waals surface area contributed by atoms with Crippen LogP contribution in [0, 0.1) is 5.92 Å². The number of H-pyrrole nitrogens is 1. The summed E-state index contributed by atoms with van der Waals surface area (Å²) in [6.07, 6.45) is 5.01. The number of fused-ring (bicyclic) bond motifs is 1. The van der Waals surface area contributed by atoms with Crippen molar-refractivity contribution < 1.29 is 14.3 Å². The first-order chi connectivity index (χ1) is 16.4. The monoisotopic (exact) mass is 464 g/mol. The van der Waals surface area contributed by atoms with E-state index in [1.54, 1.807) is 25.1 Å². The second kappa shape index (κ2) is 9.94. The molecule has 2 amide bonds. The molecule has 1 heterocycles. The number of carbonyl (C=O) groups is 2. The molecule has 9 nitrogen and oxygen atoms in total. The molecule has 0 aliphatic heterocycles. The fraction of sp³-hybridized carbons (Fsp3) is 0.360. The molecule has 3 N–H and O–H groups in total. The van der Waals surface area contributed by atoms with E-state index in [9.17, 15) is 19.2 Å². The van der Waals surface area contributed by atoms with Crippen molar-refractivity contribution in [1.29, 1.82) is 0 Å². The second-order valence-electron chi connectivity index (χ2n) is 8.43. The molecule has 1 aliphatic rings. The largest absolute Gasteiger partial charge is 0.495 e. The lowest BCUT2D eigenvalue weighted by Crippen LogP contribution is -2.34. The van der Waals surface area contributed by atoms with Crippen molar-refractivity contribution >= 4 is 34.1 Å². The molecule has 3 aromatic rings. The molecule has 1 fully saturated rings. The number of aromatic nitrogens is 2. The second-order valence-corrected chi connectivity index (χ2v) is 8.43. The lowest BCUT2D eigenvalue weighted by Gasteiger charge is -2.21. The summed E-state index contributed by atoms with van der Waals surface area (Å²) in [5.74, 6) is 0.0150. The number of ether oxygens (including phenoxy) is 1. The van der Waals surface area contributed by atoms with Gasteiger partial charge in [-0.15, -0.1) is 0 Å². The number of hydrogen-bond acceptors (Lipinski definition) is 5. The molecule has 4 rings (SSSR count). The first-order valence-corrected chi connectivity index (χ1v) is 11.5. The minimum absolute atomic E-state index is 0.0197. The SMILES string of the molecule is CCn1c(=O)[nH]c2cc(C(=O)Nc3ccc(OC)c(NC(=O)C4CCCCC4)c3)ccc2c1=O. The zero-order valence-corrected chi connectivity index (χ0v) is 19.3. The average Bonchev–Trinajstić information content (AvgIpc) is 2.84. The van der Waals surface area contributed by atoms with Gasteiger partial charge in [-0.1, -0.05) is 19.3 Å². The molecule has 0 unspecified atom stereocenters. The molecule has 2 aromatic carbocycles. The van der Waals surface area contributed by atoms with E-state index in [-0.39, 0.29) is 23.9 Å². The Morgan fingerprint density at radius 3 is 2.53 bits per heavy atom. The van der Waals surface area contributed by atoms with Crippen LogP contribution in [0.4, 0.5) is 11.4 Å². The fourth-order valence-corrected chi connectivity index (χ4v) is 4.37. The molecule has 1 aromatic heterocycles. The number of hydrogen-bond donors (Lipinski definition) is 3. The van der Waals surface area contributed by atoms with E-state index in [1.807, 2.05) is 0 Å². The lowest BCUT2D eigenvalue weighted by molar-refractivity contribution is -0.120. The predicted octanol–water partition coefficient (Wildman–Crippen LogP) is 3.49. The van der Waals surface area contributed by atoms with Gasteiger partial charge in [-0.2, -0.15) is 0 Å². The van der Waals surface area contributed by atoms with Crippen LogP contribution in [0.5, 0.6) is 5.75 Å². The highest BCUT2D eigenvalue weighted by molar-refractivity contribution is 6.06. The maximum atomic E-state index is 12.9. The van der Waals surface area contributed by atoms with Crippen molar-refractivity contribution in [2.45, 2.75) is 45.6 Å². The number of methoxy groups -OCH3 is 1. The molecule has 1 aliphatic carbocycles. The summed E-state index contributed by atoms with van der Waals surface area (Å²) in [7, 11) is 1.52. The van der Waals surface area contributed by atoms with Crippen LogP contribution >= 0.6 is 0 Å². The lowest BCUT2D eigenvalue weighted by atomic mass is 9.88. The third-order valence-corrected chi connectivity index (χ3v) is 6.25. The minimum atomic E-state index is -0.522. The Morgan fingerprint density at radius 2 is 1.82 bits per heavy atom. The summed E-state index contributed by atoms with van der Waals surface area (Å²) < 4.78 is 6.47. The molecular formula is C25H28N4O5. The molecule has 0 saturated heterocycles. The van der Waals surface area contributed by atoms with Crippen LogP contribution in [0.15, 0.2) is 46.0 Å². The van der Waals surface area contributed by atoms with Gasteiger partial charge in [-0.05, 0) is 56.2 Å². The van der Waals surface area contributed by atoms with Crippen molar-refractivity contribution in [2.75, 3.05) is 17.7 Å². The number of anilines is 2. The van der Waals surface area contributed by atoms with E-state index in [4.69, 9.17) is 4.74 Å². The first kappa shape index (κ1) is 23.3. The predicted molar refractivity (Wildman–Crippen MR) is 131 cm³/mol. The van der Waals surface area contributed by atoms with Crippen LogP contribution in [0.2, 0.25) is 0 Å². The first-order valence-electron chi connectivity index (χ1n) is 11.5. The van der Waals surface area contributed by atoms with Gasteiger partial charge in [-0.3, -0.25) is 19.0 Å². The van der Waals surface area contributed by atoms with Crippen LogP contribution in [0.25, 0.3) is 10.9 Å². The summed E-state index contributed by atoms with van der Waals surface area (Å²) in [5.41, 5.74) is 0.606. The minimum Gasteiger partial charge on any atom is -0.495 e. The van der Waals surface area contributed by atoms with E-state index in [0.717, 1.165) is 36.7 Å². The van der Waals surface area contributed by atoms with Crippen molar-refractivity contribution in [3.05, 3.63) is 62.8 Å². The zero-order valence-electron chi connectivity index (χ0n) is 19.3. The van der Waals surface area contributed by atoms with Gasteiger partial charge in [0, 0.05) is 23.7 Å². The summed E-state index contributed by atoms with van der Waals surface area (Å²) >= 11 is 0. The molecule has 1 saturated carbocycles. The Balaban J connectivity index is 1.56. The number of nitrogens with zero attached hydrogens (tertiary/aromatic N) is 1. The van der Waals surface area contributed by atoms with Gasteiger partial charge in [0.25, 0.3) is 11.5 Å². The number of amides is 2. The van der Waals surface area contributed by atoms with Gasteiger partial charge >= 0.3 is 5.69 Å². The third kappa shape index (κ3) is 4.73. The molecule has 178 valence electrons. The molecule has 0 bridgehead atoms. The van der Waals surface area contributed by atoms with Crippen LogP contribution in [-0.2, 0) is 11.3 Å². The van der Waals surface area contributed by atoms with Crippen LogP contribution in [0.3, 0.4) is 0 Å². The molecule has 0 radical (unpaired) electrons. The van der Waals surface area contributed by atoms with E-state index in [0.29, 0.717) is 28.0 Å². The summed E-state index contributed by atoms with van der Waals surface area (Å²) in [5, 5.41) is 6.07. The maximum absolute atomic E-state index is 12.9. The Kier molecular flexibility index (Phi) is 6.81. The van der Waals surface area contributed by atoms with E-state index >= 15 is 0 Å². The van der Waals surface area contributed by atoms with Crippen molar-refractivity contribution in [2.24, 2.45) is 5.92 Å². The fourth-order valence-electron chi connectivity index (χ4n) is 4.37. The zero-order chi connectivity index (χ0) is 24.2. The number of nitrogens with one attached hydrogen (secondary N) is 3. The van der Waals surface area contributed by atoms with Crippen LogP contribution in [0.1, 0.15) is 49.4 Å². The van der Waals surface area contributed by atoms with E-state index < -0.39 is 17.2 Å². The number of aromatic amines is 1. The summed E-state index contributed by atoms with van der Waals surface area (Å²) in [6.45, 7) is 1.97. The Bertz CT molecular complexity index is 1350. The standard InChI is InChI=1S/C25H28N4O5/c1-3-29-24(32)18-11-9-16(13-19(18)28-25(29)33)23(31)26-17-10-12-21(34-2)20(14-17)27-22(30)15-7-5-4-6-8-15/h9-15H,3-8H2,1-2H3,(H,26,31)(H,27,30)(H,28,33). The maximum Gasteiger partial charge on any atom is 0.328 e. The smallest absolute Gasteiger partial charge is 0.328 e. The van der Waals surface area contributed by atoms with Crippen LogP contribution in [-0.4, -0.2) is 28.5 Å². The van der Waals surface area contributed by atoms with Gasteiger partial charge in [0.1, 0.15) is 5.75 Å². The third-order valence-electron chi connectivity index (χ3n) is 6.25. The molecule has 34 heavy (non-hydrogen) atoms. The van der Waals surface area contributed by atoms with Gasteiger partial charge in [-0.25, -0.2) is 4.79 Å². The van der Waals surface area contributed by atoms with Gasteiger partial charge in [0.05, 0.1) is 23.7 Å². The number of rotatable bonds is 6. The Labute approximate surface area is 196 Å². The molecule has 0 spiro atoms. The highest BCUT2D eigenvalue weighted by Crippen LogP contribution is 2.31. The quantitative estimate of drug-likeness (QED) is 0.515. The van der Waals surface area contributed by atoms with Crippen LogP contribution < -0.4 is 26.6 Å². The number of benzene rings is 2. The van der Waals surface area contributed by atoms with Gasteiger partial charge < -0.3 is 20.4 Å². The molecule has 9 heteroatoms. The summed E-state index contributed by atoms with van der Waals surface area (Å²) in [4.78, 5) is 52.8. The molecule has 0 atom stereocenters. The highest BCUT2D eigenvalue weighted by atomic mass is 16.5. The number of carbonyl (C=O) groups excluding carboxylic acids is 2. The van der Waals surface area contributed by atoms with Gasteiger partial charge in [0.2, 0.25) is 5.91 Å². The Hall–Kier alpha value is -3.88. The highest BCUT2D eigenvalue weighted by Gasteiger charge is 2.22. The molecular weight excluding hydrogens is 436 g/mol. The average molecular weight is 465 g/mol. The normalized spacial score (nSPS) is 14.1. The summed E-state index contributed by atoms with van der Waals surface area (Å²) in [6, 6.07) is 9.54. The van der Waals surface area contributed by atoms with E-state index in [2.05, 4.69) is 15.6 Å². The van der Waals surface area contributed by atoms with E-state index in [1.165, 1.54) is 25.3 Å². The van der Waals surface area contributed by atoms with Crippen molar-refractivity contribution in [1.82, 2.24) is 9.55 Å². The van der Waals surface area contributed by atoms with Crippen molar-refractivity contribution in [3.8, 4) is 5.75 Å². The van der Waals surface area contributed by atoms with Crippen molar-refractivity contribution in [3.63, 3.8) is 0 Å². The topological polar surface area (TPSA) is 122 Å². The Morgan fingerprint density at radius 1 is 1.06 bits per heavy atom. The van der Waals surface area contributed by atoms with Gasteiger partial charge in [0.15, 0.2) is 0 Å².